The van der Waals surface area contributed by atoms with Crippen LogP contribution >= 0.6 is 0 Å². The van der Waals surface area contributed by atoms with E-state index in [9.17, 15) is 9.18 Å². The second kappa shape index (κ2) is 9.73. The number of aromatic nitrogens is 3. The third-order valence-electron chi connectivity index (χ3n) is 5.92. The van der Waals surface area contributed by atoms with Crippen molar-refractivity contribution in [1.29, 1.82) is 0 Å². The van der Waals surface area contributed by atoms with Crippen LogP contribution in [0.2, 0.25) is 0 Å². The Morgan fingerprint density at radius 2 is 1.87 bits per heavy atom. The second-order valence-corrected chi connectivity index (χ2v) is 8.28. The number of anilines is 4. The van der Waals surface area contributed by atoms with Crippen LogP contribution in [-0.2, 0) is 6.54 Å². The number of carbonyl (C=O) groups excluding carboxylic acids is 1. The van der Waals surface area contributed by atoms with Gasteiger partial charge in [0.15, 0.2) is 17.3 Å². The van der Waals surface area contributed by atoms with Crippen LogP contribution in [0.5, 0.6) is 11.5 Å². The number of nitrogens with zero attached hydrogens (tertiary/aromatic N) is 4. The summed E-state index contributed by atoms with van der Waals surface area (Å²) in [6.45, 7) is 1.14. The maximum atomic E-state index is 15.5. The van der Waals surface area contributed by atoms with Gasteiger partial charge in [-0.1, -0.05) is 0 Å². The number of halogens is 2. The Balaban J connectivity index is 1.30. The number of pyridine rings is 1. The molecule has 2 aliphatic rings. The van der Waals surface area contributed by atoms with E-state index in [0.29, 0.717) is 53.9 Å². The standard InChI is InChI=1S/C26H19F2N7O3/c27-16-4-5-17(34-26(36)14-3-6-19-20(10-14)38-9-8-37-19)21(28)23(16)35-25-15(2-1-7-30-25)22-24-18(31-13-33-22)11-29-12-32-24/h1-7,10,12-13H,8-9,11H2,(H,29,32)(H,30,35)(H,34,36). The van der Waals surface area contributed by atoms with E-state index in [0.717, 1.165) is 12.1 Å². The topological polar surface area (TPSA) is 123 Å². The molecule has 0 atom stereocenters. The van der Waals surface area contributed by atoms with Crippen molar-refractivity contribution in [3.8, 4) is 22.8 Å². The Hall–Kier alpha value is -5.13. The van der Waals surface area contributed by atoms with E-state index in [1.165, 1.54) is 31.0 Å². The lowest BCUT2D eigenvalue weighted by Gasteiger charge is -2.19. The molecule has 0 aliphatic carbocycles. The van der Waals surface area contributed by atoms with Gasteiger partial charge in [-0.25, -0.2) is 23.7 Å². The highest BCUT2D eigenvalue weighted by molar-refractivity contribution is 6.05. The monoisotopic (exact) mass is 515 g/mol. The molecular formula is C26H19F2N7O3. The second-order valence-electron chi connectivity index (χ2n) is 8.28. The predicted molar refractivity (Wildman–Crippen MR) is 136 cm³/mol. The highest BCUT2D eigenvalue weighted by atomic mass is 19.1. The van der Waals surface area contributed by atoms with Gasteiger partial charge in [0.05, 0.1) is 30.0 Å². The Kier molecular flexibility index (Phi) is 5.96. The molecule has 6 rings (SSSR count). The summed E-state index contributed by atoms with van der Waals surface area (Å²) in [5.41, 5.74) is 1.79. The zero-order valence-electron chi connectivity index (χ0n) is 19.7. The number of fused-ring (bicyclic) bond motifs is 2. The fourth-order valence-electron chi connectivity index (χ4n) is 4.10. The molecule has 0 bridgehead atoms. The van der Waals surface area contributed by atoms with Crippen LogP contribution in [0.4, 0.5) is 31.7 Å². The normalized spacial score (nSPS) is 13.3. The van der Waals surface area contributed by atoms with E-state index < -0.39 is 23.2 Å². The number of nitrogens with one attached hydrogen (secondary N) is 3. The summed E-state index contributed by atoms with van der Waals surface area (Å²) in [6.07, 6.45) is 4.41. The van der Waals surface area contributed by atoms with E-state index in [1.807, 2.05) is 0 Å². The lowest BCUT2D eigenvalue weighted by atomic mass is 10.1. The van der Waals surface area contributed by atoms with Crippen LogP contribution < -0.4 is 25.4 Å². The van der Waals surface area contributed by atoms with Crippen molar-refractivity contribution >= 4 is 35.1 Å². The molecule has 0 saturated heterocycles. The number of rotatable bonds is 5. The van der Waals surface area contributed by atoms with Crippen LogP contribution in [0.25, 0.3) is 11.3 Å². The zero-order chi connectivity index (χ0) is 26.1. The van der Waals surface area contributed by atoms with Crippen LogP contribution in [-0.4, -0.2) is 40.4 Å². The van der Waals surface area contributed by atoms with Gasteiger partial charge in [-0.3, -0.25) is 9.79 Å². The average Bonchev–Trinajstić information content (AvgIpc) is 2.96. The van der Waals surface area contributed by atoms with Crippen LogP contribution in [0, 0.1) is 11.6 Å². The summed E-state index contributed by atoms with van der Waals surface area (Å²) in [7, 11) is 0. The first kappa shape index (κ1) is 23.3. The van der Waals surface area contributed by atoms with Crippen molar-refractivity contribution in [3.05, 3.63) is 77.9 Å². The van der Waals surface area contributed by atoms with Crippen molar-refractivity contribution in [2.45, 2.75) is 6.54 Å². The molecule has 0 saturated carbocycles. The maximum Gasteiger partial charge on any atom is 0.255 e. The molecule has 0 spiro atoms. The van der Waals surface area contributed by atoms with Gasteiger partial charge in [-0.15, -0.1) is 0 Å². The summed E-state index contributed by atoms with van der Waals surface area (Å²) in [5.74, 6) is -1.37. The molecule has 0 radical (unpaired) electrons. The number of ether oxygens (including phenoxy) is 2. The number of hydrogen-bond donors (Lipinski definition) is 3. The van der Waals surface area contributed by atoms with Crippen LogP contribution in [0.1, 0.15) is 16.1 Å². The van der Waals surface area contributed by atoms with Gasteiger partial charge in [-0.05, 0) is 42.5 Å². The molecular weight excluding hydrogens is 496 g/mol. The van der Waals surface area contributed by atoms with Gasteiger partial charge in [0.1, 0.15) is 42.6 Å². The summed E-state index contributed by atoms with van der Waals surface area (Å²) < 4.78 is 41.3. The third kappa shape index (κ3) is 4.32. The van der Waals surface area contributed by atoms with Crippen LogP contribution in [0.15, 0.2) is 60.0 Å². The molecule has 38 heavy (non-hydrogen) atoms. The van der Waals surface area contributed by atoms with Crippen LogP contribution in [0.3, 0.4) is 0 Å². The Morgan fingerprint density at radius 1 is 1.00 bits per heavy atom. The first-order chi connectivity index (χ1) is 18.6. The van der Waals surface area contributed by atoms with Gasteiger partial charge in [-0.2, -0.15) is 0 Å². The number of carbonyl (C=O) groups is 1. The SMILES string of the molecule is O=C(Nc1ccc(F)c(Nc2ncccc2-c2ncnc3c2NC=NC3)c1F)c1ccc2c(c1)OCCO2. The summed E-state index contributed by atoms with van der Waals surface area (Å²) >= 11 is 0. The zero-order valence-corrected chi connectivity index (χ0v) is 19.7. The fraction of sp³-hybridized carbons (Fsp3) is 0.115. The van der Waals surface area contributed by atoms with Crippen molar-refractivity contribution in [2.75, 3.05) is 29.2 Å². The molecule has 4 aromatic rings. The molecule has 3 N–H and O–H groups in total. The smallest absolute Gasteiger partial charge is 0.255 e. The maximum absolute atomic E-state index is 15.5. The minimum atomic E-state index is -0.998. The van der Waals surface area contributed by atoms with Crippen molar-refractivity contribution in [2.24, 2.45) is 4.99 Å². The average molecular weight is 515 g/mol. The molecule has 0 fully saturated rings. The molecule has 12 heteroatoms. The highest BCUT2D eigenvalue weighted by Gasteiger charge is 2.22. The highest BCUT2D eigenvalue weighted by Crippen LogP contribution is 2.36. The first-order valence-corrected chi connectivity index (χ1v) is 11.6. The van der Waals surface area contributed by atoms with E-state index in [-0.39, 0.29) is 17.1 Å². The third-order valence-corrected chi connectivity index (χ3v) is 5.92. The molecule has 4 heterocycles. The molecule has 190 valence electrons. The lowest BCUT2D eigenvalue weighted by Crippen LogP contribution is -2.17. The molecule has 0 unspecified atom stereocenters. The summed E-state index contributed by atoms with van der Waals surface area (Å²) in [4.78, 5) is 29.9. The molecule has 10 nitrogen and oxygen atoms in total. The minimum Gasteiger partial charge on any atom is -0.486 e. The molecule has 2 aromatic carbocycles. The Morgan fingerprint density at radius 3 is 2.76 bits per heavy atom. The summed E-state index contributed by atoms with van der Waals surface area (Å²) in [5, 5.41) is 8.25. The fourth-order valence-corrected chi connectivity index (χ4v) is 4.10. The quantitative estimate of drug-likeness (QED) is 0.354. The lowest BCUT2D eigenvalue weighted by molar-refractivity contribution is 0.102. The van der Waals surface area contributed by atoms with Gasteiger partial charge in [0.2, 0.25) is 0 Å². The number of hydrogen-bond acceptors (Lipinski definition) is 9. The Labute approximate surface area is 214 Å². The van der Waals surface area contributed by atoms with Gasteiger partial charge in [0.25, 0.3) is 5.91 Å². The largest absolute Gasteiger partial charge is 0.486 e. The van der Waals surface area contributed by atoms with Gasteiger partial charge < -0.3 is 25.4 Å². The van der Waals surface area contributed by atoms with E-state index >= 15 is 4.39 Å². The molecule has 1 amide bonds. The van der Waals surface area contributed by atoms with Gasteiger partial charge in [0, 0.05) is 17.3 Å². The van der Waals surface area contributed by atoms with E-state index in [4.69, 9.17) is 9.47 Å². The number of aliphatic imine (C=N–C) groups is 1. The number of amides is 1. The Bertz CT molecular complexity index is 1600. The van der Waals surface area contributed by atoms with Crippen molar-refractivity contribution in [1.82, 2.24) is 15.0 Å². The van der Waals surface area contributed by atoms with Crippen molar-refractivity contribution in [3.63, 3.8) is 0 Å². The number of benzene rings is 2. The minimum absolute atomic E-state index is 0.158. The van der Waals surface area contributed by atoms with E-state index in [2.05, 4.69) is 35.9 Å². The molecule has 2 aromatic heterocycles. The van der Waals surface area contributed by atoms with Gasteiger partial charge >= 0.3 is 0 Å². The predicted octanol–water partition coefficient (Wildman–Crippen LogP) is 4.54. The van der Waals surface area contributed by atoms with Crippen molar-refractivity contribution < 1.29 is 23.0 Å². The molecule has 2 aliphatic heterocycles. The first-order valence-electron chi connectivity index (χ1n) is 11.6. The summed E-state index contributed by atoms with van der Waals surface area (Å²) in [6, 6.07) is 10.2. The van der Waals surface area contributed by atoms with E-state index in [1.54, 1.807) is 18.2 Å².